The van der Waals surface area contributed by atoms with E-state index in [1.54, 1.807) is 24.3 Å². The van der Waals surface area contributed by atoms with Gasteiger partial charge in [0.25, 0.3) is 0 Å². The van der Waals surface area contributed by atoms with Crippen LogP contribution in [0.15, 0.2) is 109 Å². The summed E-state index contributed by atoms with van der Waals surface area (Å²) in [5.74, 6) is -0.379. The Morgan fingerprint density at radius 3 is 1.19 bits per heavy atom. The molecule has 0 saturated carbocycles. The van der Waals surface area contributed by atoms with Crippen LogP contribution in [0.2, 0.25) is 0 Å². The van der Waals surface area contributed by atoms with Gasteiger partial charge in [-0.1, -0.05) is 0 Å². The van der Waals surface area contributed by atoms with Crippen LogP contribution >= 0.6 is 0 Å². The summed E-state index contributed by atoms with van der Waals surface area (Å²) in [5, 5.41) is 0. The van der Waals surface area contributed by atoms with Crippen LogP contribution in [0.5, 0.6) is 0 Å². The molecule has 0 heterocycles. The number of rotatable bonds is 6. The topological polar surface area (TPSA) is 34.1 Å². The van der Waals surface area contributed by atoms with Crippen molar-refractivity contribution in [1.29, 1.82) is 0 Å². The third kappa shape index (κ3) is 4.75. The number of aryl methyl sites for hydroxylation is 2. The fourth-order valence-electron chi connectivity index (χ4n) is 3.45. The molecule has 0 aliphatic carbocycles. The molecule has 0 aliphatic rings. The predicted octanol–water partition coefficient (Wildman–Crippen LogP) is 4.43. The summed E-state index contributed by atoms with van der Waals surface area (Å²) in [7, 11) is 0. The predicted molar refractivity (Wildman–Crippen MR) is 134 cm³/mol. The fraction of sp³-hybridized carbons (Fsp3) is 0.0690. The number of hydrogen-bond acceptors (Lipinski definition) is 2. The van der Waals surface area contributed by atoms with Crippen LogP contribution in [0.4, 0.5) is 0 Å². The van der Waals surface area contributed by atoms with Crippen LogP contribution in [-0.2, 0) is 0 Å². The Balaban J connectivity index is 2.04. The molecule has 0 radical (unpaired) electrons. The van der Waals surface area contributed by atoms with Crippen molar-refractivity contribution in [1.82, 2.24) is 0 Å². The summed E-state index contributed by atoms with van der Waals surface area (Å²) in [6.45, 7) is 4.08. The maximum atomic E-state index is 13.9. The van der Waals surface area contributed by atoms with Crippen LogP contribution in [0.1, 0.15) is 31.8 Å². The minimum atomic E-state index is -2.16. The Kier molecular flexibility index (Phi) is 6.70. The zero-order valence-corrected chi connectivity index (χ0v) is 19.8. The van der Waals surface area contributed by atoms with E-state index in [-0.39, 0.29) is 11.6 Å². The van der Waals surface area contributed by atoms with Crippen LogP contribution in [-0.4, -0.2) is 29.4 Å². The molecule has 0 N–H and O–H groups in total. The third-order valence-corrected chi connectivity index (χ3v) is 9.96. The third-order valence-electron chi connectivity index (χ3n) is 5.20. The molecule has 0 fully saturated rings. The Morgan fingerprint density at radius 2 is 0.844 bits per heavy atom. The molecular formula is C29H24O2Se. The SMILES string of the molecule is Cc1ccc([Se](=C(C(=O)c2ccccc2)C(=O)c2ccccc2)c2ccc(C)cc2)cc1. The van der Waals surface area contributed by atoms with Crippen molar-refractivity contribution in [3.63, 3.8) is 0 Å². The zero-order chi connectivity index (χ0) is 22.5. The van der Waals surface area contributed by atoms with E-state index < -0.39 is 13.5 Å². The van der Waals surface area contributed by atoms with Crippen molar-refractivity contribution < 1.29 is 9.59 Å². The van der Waals surface area contributed by atoms with Crippen LogP contribution in [0, 0.1) is 13.8 Å². The first-order valence-electron chi connectivity index (χ1n) is 10.5. The van der Waals surface area contributed by atoms with Gasteiger partial charge in [-0.15, -0.1) is 0 Å². The van der Waals surface area contributed by atoms with Gasteiger partial charge in [0.15, 0.2) is 0 Å². The average molecular weight is 483 g/mol. The van der Waals surface area contributed by atoms with Gasteiger partial charge in [0.1, 0.15) is 0 Å². The van der Waals surface area contributed by atoms with E-state index in [4.69, 9.17) is 0 Å². The van der Waals surface area contributed by atoms with E-state index in [9.17, 15) is 9.59 Å². The number of ketones is 2. The standard InChI is InChI=1S/C29H24O2Se/c1-21-13-17-25(18-14-21)32(26-19-15-22(2)16-20-26)29(27(30)23-9-5-3-6-10-23)28(31)24-11-7-4-8-12-24/h3-20H,1-2H3. The van der Waals surface area contributed by atoms with E-state index >= 15 is 0 Å². The molecule has 0 atom stereocenters. The van der Waals surface area contributed by atoms with E-state index in [1.165, 1.54) is 0 Å². The Bertz CT molecular complexity index is 1170. The van der Waals surface area contributed by atoms with Gasteiger partial charge >= 0.3 is 193 Å². The van der Waals surface area contributed by atoms with Gasteiger partial charge in [-0.25, -0.2) is 0 Å². The van der Waals surface area contributed by atoms with E-state index in [0.29, 0.717) is 15.5 Å². The number of benzene rings is 4. The van der Waals surface area contributed by atoms with E-state index in [1.807, 2.05) is 50.2 Å². The van der Waals surface area contributed by atoms with Crippen molar-refractivity contribution in [2.75, 3.05) is 0 Å². The normalized spacial score (nSPS) is 10.7. The zero-order valence-electron chi connectivity index (χ0n) is 18.1. The monoisotopic (exact) mass is 484 g/mol. The number of carbonyl (C=O) groups is 2. The second-order valence-corrected chi connectivity index (χ2v) is 11.8. The van der Waals surface area contributed by atoms with Gasteiger partial charge in [-0.3, -0.25) is 0 Å². The van der Waals surface area contributed by atoms with Crippen LogP contribution in [0.3, 0.4) is 0 Å². The molecule has 4 aromatic carbocycles. The molecule has 2 nitrogen and oxygen atoms in total. The van der Waals surface area contributed by atoms with Crippen LogP contribution in [0.25, 0.3) is 0 Å². The maximum absolute atomic E-state index is 13.9. The Hall–Kier alpha value is -3.39. The van der Waals surface area contributed by atoms with Crippen molar-refractivity contribution in [2.24, 2.45) is 0 Å². The molecule has 158 valence electrons. The van der Waals surface area contributed by atoms with Crippen molar-refractivity contribution in [2.45, 2.75) is 13.8 Å². The minimum absolute atomic E-state index is 0.189. The average Bonchev–Trinajstić information content (AvgIpc) is 2.84. The summed E-state index contributed by atoms with van der Waals surface area (Å²) in [5.41, 5.74) is 3.38. The van der Waals surface area contributed by atoms with E-state index in [2.05, 4.69) is 48.5 Å². The molecule has 0 spiro atoms. The molecule has 0 unspecified atom stereocenters. The molecule has 0 saturated heterocycles. The molecule has 0 aliphatic heterocycles. The first-order chi connectivity index (χ1) is 15.5. The van der Waals surface area contributed by atoms with Gasteiger partial charge < -0.3 is 0 Å². The molecule has 3 heteroatoms. The molecule has 4 aromatic rings. The first kappa shape index (κ1) is 21.8. The van der Waals surface area contributed by atoms with Gasteiger partial charge in [-0.2, -0.15) is 0 Å². The van der Waals surface area contributed by atoms with Crippen LogP contribution < -0.4 is 8.92 Å². The molecule has 0 bridgehead atoms. The van der Waals surface area contributed by atoms with Gasteiger partial charge in [0.2, 0.25) is 0 Å². The molecule has 4 rings (SSSR count). The van der Waals surface area contributed by atoms with Gasteiger partial charge in [-0.05, 0) is 0 Å². The van der Waals surface area contributed by atoms with Gasteiger partial charge in [0, 0.05) is 0 Å². The Morgan fingerprint density at radius 1 is 0.500 bits per heavy atom. The van der Waals surface area contributed by atoms with Crippen molar-refractivity contribution >= 4 is 38.4 Å². The summed E-state index contributed by atoms with van der Waals surface area (Å²) < 4.78 is 2.47. The molecule has 0 aromatic heterocycles. The fourth-order valence-corrected chi connectivity index (χ4v) is 8.00. The summed E-state index contributed by atoms with van der Waals surface area (Å²) in [6, 6.07) is 34.7. The number of Topliss-reactive ketones (excluding diaryl/α,β-unsaturated/α-hetero) is 2. The quantitative estimate of drug-likeness (QED) is 0.231. The number of carbonyl (C=O) groups excluding carboxylic acids is 2. The van der Waals surface area contributed by atoms with Crippen molar-refractivity contribution in [3.8, 4) is 0 Å². The summed E-state index contributed by atoms with van der Waals surface area (Å²) in [6.07, 6.45) is 0. The molecular weight excluding hydrogens is 459 g/mol. The van der Waals surface area contributed by atoms with E-state index in [0.717, 1.165) is 20.1 Å². The first-order valence-corrected chi connectivity index (χ1v) is 13.1. The summed E-state index contributed by atoms with van der Waals surface area (Å²) in [4.78, 5) is 27.7. The second kappa shape index (κ2) is 9.82. The summed E-state index contributed by atoms with van der Waals surface area (Å²) >= 11 is -2.16. The molecule has 0 amide bonds. The molecule has 32 heavy (non-hydrogen) atoms. The van der Waals surface area contributed by atoms with Crippen molar-refractivity contribution in [3.05, 3.63) is 131 Å². The number of hydrogen-bond donors (Lipinski definition) is 0. The second-order valence-electron chi connectivity index (χ2n) is 7.65. The Labute approximate surface area is 193 Å². The van der Waals surface area contributed by atoms with Gasteiger partial charge in [0.05, 0.1) is 0 Å².